The van der Waals surface area contributed by atoms with Crippen LogP contribution in [0.25, 0.3) is 11.0 Å². The van der Waals surface area contributed by atoms with E-state index in [1.807, 2.05) is 6.07 Å². The van der Waals surface area contributed by atoms with Gasteiger partial charge in [-0.05, 0) is 29.8 Å². The van der Waals surface area contributed by atoms with Crippen LogP contribution in [0, 0.1) is 15.9 Å². The van der Waals surface area contributed by atoms with Crippen molar-refractivity contribution in [3.8, 4) is 0 Å². The molecule has 3 aromatic rings. The van der Waals surface area contributed by atoms with Gasteiger partial charge in [0.1, 0.15) is 11.4 Å². The highest BCUT2D eigenvalue weighted by atomic mass is 19.1. The molecule has 0 fully saturated rings. The number of halogens is 1. The Labute approximate surface area is 129 Å². The number of fused-ring (bicyclic) bond motifs is 1. The van der Waals surface area contributed by atoms with Gasteiger partial charge in [-0.15, -0.1) is 0 Å². The summed E-state index contributed by atoms with van der Waals surface area (Å²) < 4.78 is 18.9. The SMILES string of the molecule is O=C(NCc1ccc2occc2c1)c1cc([N+](=O)[O-])ccc1F. The Balaban J connectivity index is 1.76. The van der Waals surface area contributed by atoms with Crippen molar-refractivity contribution in [2.45, 2.75) is 6.54 Å². The monoisotopic (exact) mass is 314 g/mol. The summed E-state index contributed by atoms with van der Waals surface area (Å²) in [4.78, 5) is 22.1. The molecular weight excluding hydrogens is 303 g/mol. The van der Waals surface area contributed by atoms with E-state index in [0.717, 1.165) is 34.7 Å². The molecule has 0 saturated heterocycles. The number of hydrogen-bond acceptors (Lipinski definition) is 4. The second kappa shape index (κ2) is 5.88. The third kappa shape index (κ3) is 3.03. The Bertz CT molecular complexity index is 904. The molecule has 0 radical (unpaired) electrons. The van der Waals surface area contributed by atoms with E-state index in [9.17, 15) is 19.3 Å². The minimum absolute atomic E-state index is 0.169. The van der Waals surface area contributed by atoms with Crippen molar-refractivity contribution in [1.29, 1.82) is 0 Å². The first-order chi connectivity index (χ1) is 11.0. The largest absolute Gasteiger partial charge is 0.464 e. The van der Waals surface area contributed by atoms with E-state index < -0.39 is 16.6 Å². The molecule has 1 amide bonds. The molecule has 0 spiro atoms. The Morgan fingerprint density at radius 2 is 2.04 bits per heavy atom. The van der Waals surface area contributed by atoms with Gasteiger partial charge in [-0.3, -0.25) is 14.9 Å². The van der Waals surface area contributed by atoms with E-state index in [0.29, 0.717) is 0 Å². The van der Waals surface area contributed by atoms with Crippen molar-refractivity contribution in [3.05, 3.63) is 75.8 Å². The van der Waals surface area contributed by atoms with Gasteiger partial charge in [0.2, 0.25) is 0 Å². The highest BCUT2D eigenvalue weighted by Crippen LogP contribution is 2.18. The Morgan fingerprint density at radius 1 is 1.22 bits per heavy atom. The van der Waals surface area contributed by atoms with Crippen molar-refractivity contribution < 1.29 is 18.5 Å². The normalized spacial score (nSPS) is 10.7. The molecule has 1 N–H and O–H groups in total. The van der Waals surface area contributed by atoms with E-state index in [1.54, 1.807) is 24.5 Å². The zero-order chi connectivity index (χ0) is 16.4. The number of nitro benzene ring substituents is 1. The number of hydrogen-bond donors (Lipinski definition) is 1. The van der Waals surface area contributed by atoms with Crippen LogP contribution in [0.4, 0.5) is 10.1 Å². The first-order valence-electron chi connectivity index (χ1n) is 6.73. The van der Waals surface area contributed by atoms with Crippen molar-refractivity contribution >= 4 is 22.6 Å². The zero-order valence-corrected chi connectivity index (χ0v) is 11.8. The van der Waals surface area contributed by atoms with E-state index in [4.69, 9.17) is 4.42 Å². The lowest BCUT2D eigenvalue weighted by atomic mass is 10.1. The molecule has 23 heavy (non-hydrogen) atoms. The van der Waals surface area contributed by atoms with Crippen LogP contribution in [0.2, 0.25) is 0 Å². The van der Waals surface area contributed by atoms with Crippen LogP contribution in [0.3, 0.4) is 0 Å². The van der Waals surface area contributed by atoms with Crippen LogP contribution in [-0.2, 0) is 6.54 Å². The molecule has 6 nitrogen and oxygen atoms in total. The zero-order valence-electron chi connectivity index (χ0n) is 11.8. The number of carbonyl (C=O) groups excluding carboxylic acids is 1. The molecule has 0 unspecified atom stereocenters. The van der Waals surface area contributed by atoms with Crippen molar-refractivity contribution in [2.75, 3.05) is 0 Å². The van der Waals surface area contributed by atoms with E-state index >= 15 is 0 Å². The summed E-state index contributed by atoms with van der Waals surface area (Å²) in [6, 6.07) is 10.0. The fourth-order valence-corrected chi connectivity index (χ4v) is 2.20. The molecule has 7 heteroatoms. The van der Waals surface area contributed by atoms with Crippen LogP contribution >= 0.6 is 0 Å². The third-order valence-electron chi connectivity index (χ3n) is 3.38. The van der Waals surface area contributed by atoms with Crippen LogP contribution in [-0.4, -0.2) is 10.8 Å². The number of nitrogens with one attached hydrogen (secondary N) is 1. The summed E-state index contributed by atoms with van der Waals surface area (Å²) in [5, 5.41) is 14.1. The fraction of sp³-hybridized carbons (Fsp3) is 0.0625. The number of amides is 1. The van der Waals surface area contributed by atoms with Gasteiger partial charge in [-0.1, -0.05) is 6.07 Å². The van der Waals surface area contributed by atoms with Gasteiger partial charge in [-0.25, -0.2) is 4.39 Å². The number of rotatable bonds is 4. The van der Waals surface area contributed by atoms with Crippen LogP contribution in [0.5, 0.6) is 0 Å². The minimum Gasteiger partial charge on any atom is -0.464 e. The second-order valence-electron chi connectivity index (χ2n) is 4.90. The quantitative estimate of drug-likeness (QED) is 0.590. The summed E-state index contributed by atoms with van der Waals surface area (Å²) in [5.41, 5.74) is 0.836. The molecular formula is C16H11FN2O4. The lowest BCUT2D eigenvalue weighted by Gasteiger charge is -2.06. The topological polar surface area (TPSA) is 85.4 Å². The van der Waals surface area contributed by atoms with Gasteiger partial charge in [0.25, 0.3) is 11.6 Å². The van der Waals surface area contributed by atoms with Crippen molar-refractivity contribution in [2.24, 2.45) is 0 Å². The number of nitrogens with zero attached hydrogens (tertiary/aromatic N) is 1. The molecule has 1 heterocycles. The number of furan rings is 1. The van der Waals surface area contributed by atoms with Crippen LogP contribution in [0.15, 0.2) is 53.1 Å². The summed E-state index contributed by atoms with van der Waals surface area (Å²) >= 11 is 0. The summed E-state index contributed by atoms with van der Waals surface area (Å²) in [6.45, 7) is 0.169. The second-order valence-corrected chi connectivity index (χ2v) is 4.90. The Kier molecular flexibility index (Phi) is 3.76. The number of benzene rings is 2. The number of nitro groups is 1. The first kappa shape index (κ1) is 14.7. The molecule has 1 aromatic heterocycles. The molecule has 0 saturated carbocycles. The minimum atomic E-state index is -0.807. The molecule has 0 bridgehead atoms. The maximum absolute atomic E-state index is 13.7. The van der Waals surface area contributed by atoms with Gasteiger partial charge in [0.15, 0.2) is 0 Å². The standard InChI is InChI=1S/C16H11FN2O4/c17-14-3-2-12(19(21)22)8-13(14)16(20)18-9-10-1-4-15-11(7-10)5-6-23-15/h1-8H,9H2,(H,18,20). The summed E-state index contributed by atoms with van der Waals surface area (Å²) in [5.74, 6) is -1.52. The van der Waals surface area contributed by atoms with Gasteiger partial charge < -0.3 is 9.73 Å². The maximum atomic E-state index is 13.7. The lowest BCUT2D eigenvalue weighted by Crippen LogP contribution is -2.23. The van der Waals surface area contributed by atoms with Crippen molar-refractivity contribution in [3.63, 3.8) is 0 Å². The molecule has 2 aromatic carbocycles. The predicted molar refractivity (Wildman–Crippen MR) is 80.4 cm³/mol. The van der Waals surface area contributed by atoms with E-state index in [-0.39, 0.29) is 17.8 Å². The van der Waals surface area contributed by atoms with Gasteiger partial charge in [0, 0.05) is 24.1 Å². The van der Waals surface area contributed by atoms with Crippen LogP contribution in [0.1, 0.15) is 15.9 Å². The lowest BCUT2D eigenvalue weighted by molar-refractivity contribution is -0.384. The Hall–Kier alpha value is -3.22. The molecule has 3 rings (SSSR count). The van der Waals surface area contributed by atoms with Gasteiger partial charge in [-0.2, -0.15) is 0 Å². The highest BCUT2D eigenvalue weighted by molar-refractivity contribution is 5.95. The highest BCUT2D eigenvalue weighted by Gasteiger charge is 2.16. The molecule has 0 aliphatic carbocycles. The third-order valence-corrected chi connectivity index (χ3v) is 3.38. The van der Waals surface area contributed by atoms with Gasteiger partial charge in [0.05, 0.1) is 16.7 Å². The van der Waals surface area contributed by atoms with Crippen LogP contribution < -0.4 is 5.32 Å². The Morgan fingerprint density at radius 3 is 2.83 bits per heavy atom. The average molecular weight is 314 g/mol. The van der Waals surface area contributed by atoms with E-state index in [1.165, 1.54) is 0 Å². The predicted octanol–water partition coefficient (Wildman–Crippen LogP) is 3.41. The van der Waals surface area contributed by atoms with E-state index in [2.05, 4.69) is 5.32 Å². The maximum Gasteiger partial charge on any atom is 0.270 e. The fourth-order valence-electron chi connectivity index (χ4n) is 2.20. The average Bonchev–Trinajstić information content (AvgIpc) is 3.00. The molecule has 0 aliphatic heterocycles. The first-order valence-corrected chi connectivity index (χ1v) is 6.73. The van der Waals surface area contributed by atoms with Crippen molar-refractivity contribution in [1.82, 2.24) is 5.32 Å². The summed E-state index contributed by atoms with van der Waals surface area (Å²) in [6.07, 6.45) is 1.56. The number of non-ortho nitro benzene ring substituents is 1. The van der Waals surface area contributed by atoms with Gasteiger partial charge >= 0.3 is 0 Å². The summed E-state index contributed by atoms with van der Waals surface area (Å²) in [7, 11) is 0. The molecule has 116 valence electrons. The number of carbonyl (C=O) groups is 1. The smallest absolute Gasteiger partial charge is 0.270 e. The molecule has 0 aliphatic rings. The molecule has 0 atom stereocenters.